The van der Waals surface area contributed by atoms with Crippen LogP contribution in [0.5, 0.6) is 0 Å². The molecule has 0 saturated heterocycles. The monoisotopic (exact) mass is 364 g/mol. The van der Waals surface area contributed by atoms with Crippen LogP contribution < -0.4 is 0 Å². The molecule has 0 aliphatic carbocycles. The second-order valence-electron chi connectivity index (χ2n) is 8.25. The topological polar surface area (TPSA) is 68.2 Å². The summed E-state index contributed by atoms with van der Waals surface area (Å²) < 4.78 is 17.4. The quantitative estimate of drug-likeness (QED) is 0.409. The molecule has 146 valence electrons. The number of rotatable bonds is 12. The average Bonchev–Trinajstić information content (AvgIpc) is 2.49. The summed E-state index contributed by atoms with van der Waals surface area (Å²) in [5.41, 5.74) is 0. The van der Waals surface area contributed by atoms with Gasteiger partial charge in [-0.25, -0.2) is 0 Å². The minimum atomic E-state index is -2.12. The molecule has 0 heterocycles. The molecule has 0 aromatic rings. The minimum Gasteiger partial charge on any atom is -0.409 e. The van der Waals surface area contributed by atoms with E-state index in [4.69, 9.17) is 13.9 Å². The van der Waals surface area contributed by atoms with Crippen LogP contribution in [0.2, 0.25) is 18.1 Å². The molecular weight excluding hydrogens is 324 g/mol. The van der Waals surface area contributed by atoms with Crippen molar-refractivity contribution < 1.29 is 24.1 Å². The van der Waals surface area contributed by atoms with Gasteiger partial charge in [0, 0.05) is 7.11 Å². The second kappa shape index (κ2) is 10.9. The Balaban J connectivity index is 5.43. The Morgan fingerprint density at radius 2 is 1.71 bits per heavy atom. The predicted octanol–water partition coefficient (Wildman–Crippen LogP) is 3.55. The Kier molecular flexibility index (Phi) is 10.9. The zero-order valence-corrected chi connectivity index (χ0v) is 18.0. The maximum atomic E-state index is 10.4. The van der Waals surface area contributed by atoms with Gasteiger partial charge in [-0.1, -0.05) is 47.5 Å². The summed E-state index contributed by atoms with van der Waals surface area (Å²) in [6.45, 7) is 14.9. The van der Waals surface area contributed by atoms with Crippen molar-refractivity contribution in [1.29, 1.82) is 0 Å². The summed E-state index contributed by atoms with van der Waals surface area (Å²) in [7, 11) is -0.535. The van der Waals surface area contributed by atoms with Crippen LogP contribution >= 0.6 is 0 Å². The van der Waals surface area contributed by atoms with Crippen LogP contribution in [0.1, 0.15) is 53.9 Å². The molecule has 0 aliphatic heterocycles. The number of hydrogen-bond acceptors (Lipinski definition) is 5. The summed E-state index contributed by atoms with van der Waals surface area (Å²) in [5.74, 6) is 0.205. The van der Waals surface area contributed by atoms with Crippen molar-refractivity contribution in [2.24, 2.45) is 5.92 Å². The summed E-state index contributed by atoms with van der Waals surface area (Å²) in [4.78, 5) is 0. The fourth-order valence-electron chi connectivity index (χ4n) is 2.41. The van der Waals surface area contributed by atoms with Crippen molar-refractivity contribution in [2.75, 3.05) is 20.5 Å². The predicted molar refractivity (Wildman–Crippen MR) is 101 cm³/mol. The van der Waals surface area contributed by atoms with Crippen LogP contribution in [0.4, 0.5) is 0 Å². The normalized spacial score (nSPS) is 18.2. The van der Waals surface area contributed by atoms with Gasteiger partial charge in [-0.15, -0.1) is 0 Å². The van der Waals surface area contributed by atoms with Crippen molar-refractivity contribution in [3.05, 3.63) is 0 Å². The summed E-state index contributed by atoms with van der Waals surface area (Å²) in [5, 5.41) is 20.0. The number of aliphatic hydroxyl groups is 2. The lowest BCUT2D eigenvalue weighted by Crippen LogP contribution is -2.54. The van der Waals surface area contributed by atoms with Crippen molar-refractivity contribution in [3.8, 4) is 0 Å². The van der Waals surface area contributed by atoms with Crippen molar-refractivity contribution in [3.63, 3.8) is 0 Å². The summed E-state index contributed by atoms with van der Waals surface area (Å²) in [6, 6.07) is 0. The molecule has 0 fully saturated rings. The van der Waals surface area contributed by atoms with E-state index in [-0.39, 0.29) is 30.5 Å². The molecule has 0 amide bonds. The van der Waals surface area contributed by atoms with E-state index >= 15 is 0 Å². The van der Waals surface area contributed by atoms with Gasteiger partial charge in [0.1, 0.15) is 12.9 Å². The van der Waals surface area contributed by atoms with Gasteiger partial charge >= 0.3 is 0 Å². The van der Waals surface area contributed by atoms with Crippen molar-refractivity contribution >= 4 is 8.32 Å². The zero-order chi connectivity index (χ0) is 19.0. The molecule has 0 rings (SSSR count). The van der Waals surface area contributed by atoms with Crippen LogP contribution in [0.15, 0.2) is 0 Å². The first-order chi connectivity index (χ1) is 11.0. The molecule has 2 N–H and O–H groups in total. The van der Waals surface area contributed by atoms with E-state index < -0.39 is 20.5 Å². The van der Waals surface area contributed by atoms with Gasteiger partial charge in [-0.2, -0.15) is 0 Å². The Morgan fingerprint density at radius 1 is 1.12 bits per heavy atom. The summed E-state index contributed by atoms with van der Waals surface area (Å²) in [6.07, 6.45) is 1.35. The lowest BCUT2D eigenvalue weighted by atomic mass is 9.92. The maximum absolute atomic E-state index is 10.4. The highest BCUT2D eigenvalue weighted by Gasteiger charge is 2.44. The average molecular weight is 365 g/mol. The fourth-order valence-corrected chi connectivity index (χ4v) is 3.73. The molecule has 0 aromatic carbocycles. The van der Waals surface area contributed by atoms with E-state index in [1.807, 2.05) is 0 Å². The maximum Gasteiger partial charge on any atom is 0.192 e. The summed E-state index contributed by atoms with van der Waals surface area (Å²) >= 11 is 0. The number of hydrogen-bond donors (Lipinski definition) is 2. The zero-order valence-electron chi connectivity index (χ0n) is 17.0. The molecular formula is C18H40O5Si. The SMILES string of the molecule is CCCC[C@H](C)[C@@H](OCOC)[C@H](O[Si](C)(C)C(C)(C)C)[C@H](O)CO. The molecule has 0 bridgehead atoms. The molecule has 6 heteroatoms. The van der Waals surface area contributed by atoms with Gasteiger partial charge in [-0.05, 0) is 30.5 Å². The first-order valence-corrected chi connectivity index (χ1v) is 12.0. The first kappa shape index (κ1) is 24.0. The van der Waals surface area contributed by atoms with Gasteiger partial charge in [0.15, 0.2) is 8.32 Å². The molecule has 24 heavy (non-hydrogen) atoms. The highest BCUT2D eigenvalue weighted by molar-refractivity contribution is 6.74. The largest absolute Gasteiger partial charge is 0.409 e. The van der Waals surface area contributed by atoms with Gasteiger partial charge in [-0.3, -0.25) is 0 Å². The Hall–Kier alpha value is 0.0169. The van der Waals surface area contributed by atoms with Crippen LogP contribution in [-0.2, 0) is 13.9 Å². The molecule has 0 radical (unpaired) electrons. The molecule has 4 atom stereocenters. The lowest BCUT2D eigenvalue weighted by Gasteiger charge is -2.43. The first-order valence-electron chi connectivity index (χ1n) is 9.09. The lowest BCUT2D eigenvalue weighted by molar-refractivity contribution is -0.155. The highest BCUT2D eigenvalue weighted by atomic mass is 28.4. The third-order valence-electron chi connectivity index (χ3n) is 5.08. The Bertz CT molecular complexity index is 330. The number of methoxy groups -OCH3 is 1. The third-order valence-corrected chi connectivity index (χ3v) is 9.55. The fraction of sp³-hybridized carbons (Fsp3) is 1.00. The van der Waals surface area contributed by atoms with Crippen LogP contribution in [0.25, 0.3) is 0 Å². The number of ether oxygens (including phenoxy) is 2. The van der Waals surface area contributed by atoms with Gasteiger partial charge in [0.25, 0.3) is 0 Å². The Labute approximate surface area is 149 Å². The standard InChI is InChI=1S/C18H40O5Si/c1-9-10-11-14(2)16(22-13-21-6)17(15(20)12-19)23-24(7,8)18(3,4)5/h14-17,19-20H,9-13H2,1-8H3/t14-,15+,16+,17+/m0/s1. The van der Waals surface area contributed by atoms with Gasteiger partial charge < -0.3 is 24.1 Å². The molecule has 0 aliphatic rings. The molecule has 0 spiro atoms. The van der Waals surface area contributed by atoms with E-state index in [1.54, 1.807) is 7.11 Å². The molecule has 5 nitrogen and oxygen atoms in total. The van der Waals surface area contributed by atoms with Gasteiger partial charge in [0.05, 0.1) is 18.8 Å². The second-order valence-corrected chi connectivity index (χ2v) is 13.0. The van der Waals surface area contributed by atoms with Crippen molar-refractivity contribution in [2.45, 2.75) is 90.3 Å². The minimum absolute atomic E-state index is 0.0128. The van der Waals surface area contributed by atoms with Crippen molar-refractivity contribution in [1.82, 2.24) is 0 Å². The van der Waals surface area contributed by atoms with Crippen LogP contribution in [-0.4, -0.2) is 57.4 Å². The van der Waals surface area contributed by atoms with Gasteiger partial charge in [0.2, 0.25) is 0 Å². The van der Waals surface area contributed by atoms with E-state index in [0.29, 0.717) is 0 Å². The van der Waals surface area contributed by atoms with E-state index in [0.717, 1.165) is 19.3 Å². The molecule has 0 aromatic heterocycles. The van der Waals surface area contributed by atoms with Crippen LogP contribution in [0, 0.1) is 5.92 Å². The Morgan fingerprint density at radius 3 is 2.12 bits per heavy atom. The number of aliphatic hydroxyl groups excluding tert-OH is 2. The third kappa shape index (κ3) is 7.50. The molecule has 0 saturated carbocycles. The van der Waals surface area contributed by atoms with Crippen LogP contribution in [0.3, 0.4) is 0 Å². The van der Waals surface area contributed by atoms with E-state index in [2.05, 4.69) is 47.7 Å². The van der Waals surface area contributed by atoms with E-state index in [1.165, 1.54) is 0 Å². The number of unbranched alkanes of at least 4 members (excludes halogenated alkanes) is 1. The molecule has 0 unspecified atom stereocenters. The highest BCUT2D eigenvalue weighted by Crippen LogP contribution is 2.39. The van der Waals surface area contributed by atoms with E-state index in [9.17, 15) is 10.2 Å². The smallest absolute Gasteiger partial charge is 0.192 e.